The number of hydrogen-bond acceptors (Lipinski definition) is 7. The number of benzene rings is 2. The number of aromatic nitrogens is 3. The first-order valence-corrected chi connectivity index (χ1v) is 12.5. The third-order valence-electron chi connectivity index (χ3n) is 5.59. The lowest BCUT2D eigenvalue weighted by atomic mass is 10.1. The molecule has 4 aromatic rings. The van der Waals surface area contributed by atoms with Gasteiger partial charge in [0, 0.05) is 43.7 Å². The van der Waals surface area contributed by atoms with Crippen LogP contribution in [-0.4, -0.2) is 57.5 Å². The molecule has 0 aliphatic carbocycles. The van der Waals surface area contributed by atoms with E-state index < -0.39 is 10.0 Å². The lowest BCUT2D eigenvalue weighted by Crippen LogP contribution is -2.48. The third kappa shape index (κ3) is 3.92. The highest BCUT2D eigenvalue weighted by atomic mass is 35.5. The SMILES string of the molecule is Cc1ccc2cc(CN3CCN(S(=O)(=O)c4cccc5nsnc45)CC3)c(Cl)nc2c1. The van der Waals surface area contributed by atoms with Gasteiger partial charge >= 0.3 is 0 Å². The topological polar surface area (TPSA) is 79.3 Å². The van der Waals surface area contributed by atoms with Gasteiger partial charge in [-0.15, -0.1) is 0 Å². The van der Waals surface area contributed by atoms with Gasteiger partial charge in [0.25, 0.3) is 0 Å². The van der Waals surface area contributed by atoms with Crippen LogP contribution in [0.4, 0.5) is 0 Å². The maximum absolute atomic E-state index is 13.2. The number of hydrogen-bond donors (Lipinski definition) is 0. The minimum Gasteiger partial charge on any atom is -0.296 e. The molecule has 0 spiro atoms. The van der Waals surface area contributed by atoms with Crippen LogP contribution in [0, 0.1) is 6.92 Å². The van der Waals surface area contributed by atoms with E-state index in [0.29, 0.717) is 48.9 Å². The fraction of sp³-hybridized carbons (Fsp3) is 0.286. The molecule has 1 saturated heterocycles. The number of halogens is 1. The zero-order valence-corrected chi connectivity index (χ0v) is 19.2. The van der Waals surface area contributed by atoms with Gasteiger partial charge < -0.3 is 0 Å². The summed E-state index contributed by atoms with van der Waals surface area (Å²) in [4.78, 5) is 6.97. The van der Waals surface area contributed by atoms with E-state index >= 15 is 0 Å². The Kier molecular flexibility index (Phi) is 5.39. The van der Waals surface area contributed by atoms with Gasteiger partial charge in [0.1, 0.15) is 21.1 Å². The number of piperazine rings is 1. The molecule has 0 radical (unpaired) electrons. The van der Waals surface area contributed by atoms with E-state index in [-0.39, 0.29) is 4.90 Å². The molecule has 1 fully saturated rings. The van der Waals surface area contributed by atoms with Crippen molar-refractivity contribution in [2.24, 2.45) is 0 Å². The molecular formula is C21H20ClN5O2S2. The molecule has 160 valence electrons. The van der Waals surface area contributed by atoms with Crippen LogP contribution < -0.4 is 0 Å². The van der Waals surface area contributed by atoms with Crippen molar-refractivity contribution >= 4 is 55.3 Å². The molecule has 0 amide bonds. The van der Waals surface area contributed by atoms with Crippen LogP contribution in [0.3, 0.4) is 0 Å². The lowest BCUT2D eigenvalue weighted by Gasteiger charge is -2.34. The Bertz CT molecular complexity index is 1380. The predicted octanol–water partition coefficient (Wildman–Crippen LogP) is 3.71. The van der Waals surface area contributed by atoms with Crippen LogP contribution in [0.25, 0.3) is 21.9 Å². The quantitative estimate of drug-likeness (QED) is 0.420. The molecule has 5 rings (SSSR count). The Morgan fingerprint density at radius 2 is 1.84 bits per heavy atom. The number of sulfonamides is 1. The molecule has 2 aromatic heterocycles. The van der Waals surface area contributed by atoms with Gasteiger partial charge in [0.05, 0.1) is 17.2 Å². The standard InChI is InChI=1S/C21H20ClN5O2S2/c1-14-5-6-15-12-16(21(22)23-18(15)11-14)13-26-7-9-27(10-8-26)31(28,29)19-4-2-3-17-20(19)25-30-24-17/h2-6,11-12H,7-10,13H2,1H3. The highest BCUT2D eigenvalue weighted by Gasteiger charge is 2.30. The smallest absolute Gasteiger partial charge is 0.245 e. The van der Waals surface area contributed by atoms with E-state index in [1.54, 1.807) is 18.2 Å². The van der Waals surface area contributed by atoms with Gasteiger partial charge in [-0.25, -0.2) is 13.4 Å². The summed E-state index contributed by atoms with van der Waals surface area (Å²) in [5.41, 5.74) is 4.03. The zero-order valence-electron chi connectivity index (χ0n) is 16.8. The maximum atomic E-state index is 13.2. The average Bonchev–Trinajstić information content (AvgIpc) is 3.24. The fourth-order valence-corrected chi connectivity index (χ4v) is 6.29. The Hall–Kier alpha value is -2.17. The second-order valence-electron chi connectivity index (χ2n) is 7.70. The molecule has 1 aliphatic heterocycles. The first-order chi connectivity index (χ1) is 14.9. The molecule has 0 bridgehead atoms. The summed E-state index contributed by atoms with van der Waals surface area (Å²) in [6, 6.07) is 13.3. The van der Waals surface area contributed by atoms with Crippen molar-refractivity contribution in [1.29, 1.82) is 0 Å². The van der Waals surface area contributed by atoms with Crippen LogP contribution >= 0.6 is 23.3 Å². The summed E-state index contributed by atoms with van der Waals surface area (Å²) in [7, 11) is -3.62. The van der Waals surface area contributed by atoms with Crippen molar-refractivity contribution in [3.8, 4) is 0 Å². The first-order valence-electron chi connectivity index (χ1n) is 9.91. The van der Waals surface area contributed by atoms with Crippen molar-refractivity contribution in [1.82, 2.24) is 22.9 Å². The summed E-state index contributed by atoms with van der Waals surface area (Å²) < 4.78 is 36.3. The number of pyridine rings is 1. The fourth-order valence-electron chi connectivity index (χ4n) is 3.91. The maximum Gasteiger partial charge on any atom is 0.245 e. The third-order valence-corrected chi connectivity index (χ3v) is 8.39. The second kappa shape index (κ2) is 8.07. The predicted molar refractivity (Wildman–Crippen MR) is 123 cm³/mol. The highest BCUT2D eigenvalue weighted by molar-refractivity contribution is 7.89. The molecule has 10 heteroatoms. The van der Waals surface area contributed by atoms with E-state index in [9.17, 15) is 8.42 Å². The minimum absolute atomic E-state index is 0.226. The summed E-state index contributed by atoms with van der Waals surface area (Å²) in [5.74, 6) is 0. The second-order valence-corrected chi connectivity index (χ2v) is 10.5. The summed E-state index contributed by atoms with van der Waals surface area (Å²) in [6.45, 7) is 4.72. The lowest BCUT2D eigenvalue weighted by molar-refractivity contribution is 0.181. The van der Waals surface area contributed by atoms with Gasteiger partial charge in [-0.2, -0.15) is 13.1 Å². The molecule has 0 atom stereocenters. The van der Waals surface area contributed by atoms with Crippen LogP contribution in [0.1, 0.15) is 11.1 Å². The summed E-state index contributed by atoms with van der Waals surface area (Å²) in [5, 5.41) is 1.55. The summed E-state index contributed by atoms with van der Waals surface area (Å²) in [6.07, 6.45) is 0. The van der Waals surface area contributed by atoms with E-state index in [1.165, 1.54) is 4.31 Å². The molecule has 0 unspecified atom stereocenters. The van der Waals surface area contributed by atoms with Crippen LogP contribution in [0.5, 0.6) is 0 Å². The van der Waals surface area contributed by atoms with Gasteiger partial charge in [-0.3, -0.25) is 4.90 Å². The summed E-state index contributed by atoms with van der Waals surface area (Å²) >= 11 is 7.47. The number of rotatable bonds is 4. The number of fused-ring (bicyclic) bond motifs is 2. The van der Waals surface area contributed by atoms with Crippen LogP contribution in [-0.2, 0) is 16.6 Å². The van der Waals surface area contributed by atoms with Gasteiger partial charge in [-0.1, -0.05) is 29.8 Å². The monoisotopic (exact) mass is 473 g/mol. The van der Waals surface area contributed by atoms with Gasteiger partial charge in [0.2, 0.25) is 10.0 Å². The van der Waals surface area contributed by atoms with Crippen molar-refractivity contribution in [3.63, 3.8) is 0 Å². The van der Waals surface area contributed by atoms with E-state index in [2.05, 4.69) is 36.8 Å². The molecule has 0 saturated carbocycles. The zero-order chi connectivity index (χ0) is 21.6. The Labute approximate surface area is 189 Å². The number of nitrogens with zero attached hydrogens (tertiary/aromatic N) is 5. The largest absolute Gasteiger partial charge is 0.296 e. The van der Waals surface area contributed by atoms with E-state index in [0.717, 1.165) is 33.8 Å². The van der Waals surface area contributed by atoms with Gasteiger partial charge in [-0.05, 0) is 36.8 Å². The number of aryl methyl sites for hydroxylation is 1. The normalized spacial score (nSPS) is 16.3. The Morgan fingerprint density at radius 3 is 2.65 bits per heavy atom. The molecule has 31 heavy (non-hydrogen) atoms. The molecule has 1 aliphatic rings. The molecule has 7 nitrogen and oxygen atoms in total. The minimum atomic E-state index is -3.62. The van der Waals surface area contributed by atoms with Crippen LogP contribution in [0.2, 0.25) is 5.15 Å². The van der Waals surface area contributed by atoms with Crippen molar-refractivity contribution in [2.75, 3.05) is 26.2 Å². The molecule has 3 heterocycles. The molecular weight excluding hydrogens is 454 g/mol. The Morgan fingerprint density at radius 1 is 1.03 bits per heavy atom. The average molecular weight is 474 g/mol. The molecule has 2 aromatic carbocycles. The van der Waals surface area contributed by atoms with Crippen molar-refractivity contribution in [3.05, 3.63) is 58.7 Å². The highest BCUT2D eigenvalue weighted by Crippen LogP contribution is 2.27. The first kappa shape index (κ1) is 20.7. The molecule has 0 N–H and O–H groups in total. The van der Waals surface area contributed by atoms with Crippen molar-refractivity contribution < 1.29 is 8.42 Å². The van der Waals surface area contributed by atoms with Gasteiger partial charge in [0.15, 0.2) is 0 Å². The Balaban J connectivity index is 1.32. The van der Waals surface area contributed by atoms with E-state index in [1.807, 2.05) is 13.0 Å². The van der Waals surface area contributed by atoms with Crippen LogP contribution in [0.15, 0.2) is 47.4 Å². The van der Waals surface area contributed by atoms with E-state index in [4.69, 9.17) is 11.6 Å². The van der Waals surface area contributed by atoms with Crippen molar-refractivity contribution in [2.45, 2.75) is 18.4 Å².